The molecule has 2 saturated heterocycles. The molecule has 1 aromatic rings. The van der Waals surface area contributed by atoms with Crippen LogP contribution in [-0.4, -0.2) is 61.9 Å². The lowest BCUT2D eigenvalue weighted by Crippen LogP contribution is -2.60. The Morgan fingerprint density at radius 3 is 2.83 bits per heavy atom. The van der Waals surface area contributed by atoms with E-state index in [9.17, 15) is 4.79 Å². The second-order valence-corrected chi connectivity index (χ2v) is 6.41. The molecule has 124 valence electrons. The number of carbonyl (C=O) groups excluding carboxylic acids is 1. The molecule has 0 bridgehead atoms. The third kappa shape index (κ3) is 2.88. The molecule has 0 aromatic heterocycles. The normalized spacial score (nSPS) is 26.1. The van der Waals surface area contributed by atoms with Gasteiger partial charge in [0.15, 0.2) is 11.5 Å². The lowest BCUT2D eigenvalue weighted by atomic mass is 9.90. The van der Waals surface area contributed by atoms with Crippen molar-refractivity contribution in [2.75, 3.05) is 39.4 Å². The maximum absolute atomic E-state index is 12.8. The highest BCUT2D eigenvalue weighted by molar-refractivity contribution is 5.82. The van der Waals surface area contributed by atoms with E-state index in [1.54, 1.807) is 0 Å². The summed E-state index contributed by atoms with van der Waals surface area (Å²) < 4.78 is 17.5. The Morgan fingerprint density at radius 2 is 2.00 bits per heavy atom. The van der Waals surface area contributed by atoms with E-state index in [4.69, 9.17) is 14.2 Å². The van der Waals surface area contributed by atoms with Crippen LogP contribution in [0.3, 0.4) is 0 Å². The van der Waals surface area contributed by atoms with Gasteiger partial charge in [0, 0.05) is 13.1 Å². The number of nitrogens with one attached hydrogen (secondary N) is 1. The van der Waals surface area contributed by atoms with Gasteiger partial charge in [0.1, 0.15) is 6.61 Å². The molecule has 1 atom stereocenters. The predicted molar refractivity (Wildman–Crippen MR) is 83.7 cm³/mol. The number of rotatable bonds is 1. The molecule has 4 rings (SSSR count). The molecule has 2 fully saturated rings. The smallest absolute Gasteiger partial charge is 0.267 e. The molecular weight excluding hydrogens is 296 g/mol. The van der Waals surface area contributed by atoms with E-state index in [0.717, 1.165) is 25.9 Å². The number of morpholine rings is 1. The molecule has 1 spiro atoms. The Labute approximate surface area is 135 Å². The minimum atomic E-state index is -0.568. The summed E-state index contributed by atoms with van der Waals surface area (Å²) in [6.45, 7) is 4.01. The van der Waals surface area contributed by atoms with Crippen LogP contribution in [0, 0.1) is 0 Å². The number of ether oxygens (including phenoxy) is 3. The number of nitrogens with zero attached hydrogens (tertiary/aromatic N) is 1. The van der Waals surface area contributed by atoms with Gasteiger partial charge in [-0.2, -0.15) is 0 Å². The number of fused-ring (bicyclic) bond motifs is 1. The van der Waals surface area contributed by atoms with Crippen molar-refractivity contribution < 1.29 is 19.0 Å². The summed E-state index contributed by atoms with van der Waals surface area (Å²) in [6, 6.07) is 7.47. The third-order valence-electron chi connectivity index (χ3n) is 4.86. The van der Waals surface area contributed by atoms with Crippen LogP contribution in [-0.2, 0) is 9.53 Å². The summed E-state index contributed by atoms with van der Waals surface area (Å²) in [4.78, 5) is 14.7. The Bertz CT molecular complexity index is 580. The van der Waals surface area contributed by atoms with E-state index in [0.29, 0.717) is 31.2 Å². The van der Waals surface area contributed by atoms with Gasteiger partial charge in [0.2, 0.25) is 6.10 Å². The van der Waals surface area contributed by atoms with E-state index in [1.165, 1.54) is 0 Å². The number of piperidine rings is 1. The van der Waals surface area contributed by atoms with Gasteiger partial charge in [-0.1, -0.05) is 12.1 Å². The lowest BCUT2D eigenvalue weighted by Gasteiger charge is -2.45. The van der Waals surface area contributed by atoms with Crippen molar-refractivity contribution in [2.45, 2.75) is 24.5 Å². The second-order valence-electron chi connectivity index (χ2n) is 6.41. The first-order chi connectivity index (χ1) is 11.3. The molecule has 6 nitrogen and oxygen atoms in total. The van der Waals surface area contributed by atoms with Crippen molar-refractivity contribution in [3.05, 3.63) is 24.3 Å². The molecule has 23 heavy (non-hydrogen) atoms. The van der Waals surface area contributed by atoms with Gasteiger partial charge >= 0.3 is 0 Å². The summed E-state index contributed by atoms with van der Waals surface area (Å²) in [5.74, 6) is 1.34. The van der Waals surface area contributed by atoms with Crippen LogP contribution in [0.2, 0.25) is 0 Å². The fourth-order valence-corrected chi connectivity index (χ4v) is 3.56. The van der Waals surface area contributed by atoms with Crippen molar-refractivity contribution in [1.29, 1.82) is 0 Å². The highest BCUT2D eigenvalue weighted by atomic mass is 16.6. The molecule has 1 amide bonds. The maximum atomic E-state index is 12.8. The Hall–Kier alpha value is -1.79. The zero-order valence-corrected chi connectivity index (χ0v) is 13.1. The monoisotopic (exact) mass is 318 g/mol. The van der Waals surface area contributed by atoms with E-state index in [2.05, 4.69) is 5.32 Å². The SMILES string of the molecule is O=C(C1COc2ccccc2O1)N1CCOC2(CCNCC2)C1. The van der Waals surface area contributed by atoms with Gasteiger partial charge in [-0.05, 0) is 38.1 Å². The zero-order chi connectivity index (χ0) is 15.7. The maximum Gasteiger partial charge on any atom is 0.267 e. The average Bonchev–Trinajstić information content (AvgIpc) is 2.61. The van der Waals surface area contributed by atoms with Gasteiger partial charge in [0.25, 0.3) is 5.91 Å². The highest BCUT2D eigenvalue weighted by Gasteiger charge is 2.41. The summed E-state index contributed by atoms with van der Waals surface area (Å²) >= 11 is 0. The topological polar surface area (TPSA) is 60.0 Å². The second kappa shape index (κ2) is 6.02. The largest absolute Gasteiger partial charge is 0.485 e. The lowest BCUT2D eigenvalue weighted by molar-refractivity contribution is -0.163. The zero-order valence-electron chi connectivity index (χ0n) is 13.1. The molecule has 1 N–H and O–H groups in total. The third-order valence-corrected chi connectivity index (χ3v) is 4.86. The van der Waals surface area contributed by atoms with Crippen LogP contribution in [0.25, 0.3) is 0 Å². The van der Waals surface area contributed by atoms with E-state index in [1.807, 2.05) is 29.2 Å². The minimum absolute atomic E-state index is 0.000658. The molecule has 6 heteroatoms. The first-order valence-electron chi connectivity index (χ1n) is 8.28. The number of carbonyl (C=O) groups is 1. The number of para-hydroxylation sites is 2. The van der Waals surface area contributed by atoms with Crippen LogP contribution in [0.1, 0.15) is 12.8 Å². The summed E-state index contributed by atoms with van der Waals surface area (Å²) in [5.41, 5.74) is -0.188. The van der Waals surface area contributed by atoms with Gasteiger partial charge in [-0.25, -0.2) is 0 Å². The fraction of sp³-hybridized carbons (Fsp3) is 0.588. The molecule has 1 aromatic carbocycles. The molecule has 3 heterocycles. The Kier molecular flexibility index (Phi) is 3.87. The number of hydrogen-bond donors (Lipinski definition) is 1. The number of amides is 1. The van der Waals surface area contributed by atoms with Gasteiger partial charge in [-0.3, -0.25) is 4.79 Å². The van der Waals surface area contributed by atoms with Crippen LogP contribution >= 0.6 is 0 Å². The predicted octanol–water partition coefficient (Wildman–Crippen LogP) is 0.807. The van der Waals surface area contributed by atoms with Crippen LogP contribution in [0.5, 0.6) is 11.5 Å². The Morgan fingerprint density at radius 1 is 1.22 bits per heavy atom. The van der Waals surface area contributed by atoms with Crippen molar-refractivity contribution in [3.8, 4) is 11.5 Å². The summed E-state index contributed by atoms with van der Waals surface area (Å²) in [5, 5.41) is 3.35. The van der Waals surface area contributed by atoms with E-state index in [-0.39, 0.29) is 18.1 Å². The molecule has 0 aliphatic carbocycles. The van der Waals surface area contributed by atoms with E-state index < -0.39 is 6.10 Å². The minimum Gasteiger partial charge on any atom is -0.485 e. The molecule has 3 aliphatic heterocycles. The fourth-order valence-electron chi connectivity index (χ4n) is 3.56. The molecule has 0 radical (unpaired) electrons. The quantitative estimate of drug-likeness (QED) is 0.830. The van der Waals surface area contributed by atoms with Crippen molar-refractivity contribution in [1.82, 2.24) is 10.2 Å². The van der Waals surface area contributed by atoms with E-state index >= 15 is 0 Å². The van der Waals surface area contributed by atoms with Crippen LogP contribution in [0.15, 0.2) is 24.3 Å². The molecule has 0 saturated carbocycles. The van der Waals surface area contributed by atoms with Gasteiger partial charge in [-0.15, -0.1) is 0 Å². The van der Waals surface area contributed by atoms with Crippen molar-refractivity contribution in [3.63, 3.8) is 0 Å². The average molecular weight is 318 g/mol. The van der Waals surface area contributed by atoms with Crippen LogP contribution < -0.4 is 14.8 Å². The first-order valence-corrected chi connectivity index (χ1v) is 8.28. The van der Waals surface area contributed by atoms with Crippen molar-refractivity contribution >= 4 is 5.91 Å². The van der Waals surface area contributed by atoms with Crippen molar-refractivity contribution in [2.24, 2.45) is 0 Å². The molecular formula is C17H22N2O4. The summed E-state index contributed by atoms with van der Waals surface area (Å²) in [7, 11) is 0. The number of benzene rings is 1. The van der Waals surface area contributed by atoms with Gasteiger partial charge < -0.3 is 24.4 Å². The summed E-state index contributed by atoms with van der Waals surface area (Å²) in [6.07, 6.45) is 1.32. The highest BCUT2D eigenvalue weighted by Crippen LogP contribution is 2.32. The van der Waals surface area contributed by atoms with Crippen LogP contribution in [0.4, 0.5) is 0 Å². The first kappa shape index (κ1) is 14.8. The molecule has 1 unspecified atom stereocenters. The van der Waals surface area contributed by atoms with Gasteiger partial charge in [0.05, 0.1) is 12.2 Å². The standard InChI is InChI=1S/C17H22N2O4/c20-16(15-11-21-13-3-1-2-4-14(13)23-15)19-9-10-22-17(12-19)5-7-18-8-6-17/h1-4,15,18H,5-12H2. The Balaban J connectivity index is 1.45. The number of hydrogen-bond acceptors (Lipinski definition) is 5. The molecule has 3 aliphatic rings.